The van der Waals surface area contributed by atoms with Crippen LogP contribution in [0.1, 0.15) is 56.7 Å². The molecule has 0 saturated carbocycles. The van der Waals surface area contributed by atoms with Crippen molar-refractivity contribution in [1.82, 2.24) is 5.06 Å². The Labute approximate surface area is 184 Å². The summed E-state index contributed by atoms with van der Waals surface area (Å²) in [4.78, 5) is 23.6. The Morgan fingerprint density at radius 3 is 2.32 bits per heavy atom. The lowest BCUT2D eigenvalue weighted by Gasteiger charge is -2.35. The molecule has 6 nitrogen and oxygen atoms in total. The fourth-order valence-electron chi connectivity index (χ4n) is 3.99. The number of hydrogen-bond donors (Lipinski definition) is 1. The molecule has 1 N–H and O–H groups in total. The molecule has 0 radical (unpaired) electrons. The first-order valence-corrected chi connectivity index (χ1v) is 10.9. The molecule has 1 saturated heterocycles. The van der Waals surface area contributed by atoms with Crippen LogP contribution in [-0.2, 0) is 15.1 Å². The summed E-state index contributed by atoms with van der Waals surface area (Å²) in [5.41, 5.74) is 5.10. The fourth-order valence-corrected chi connectivity index (χ4v) is 3.99. The van der Waals surface area contributed by atoms with E-state index in [1.54, 1.807) is 5.06 Å². The maximum absolute atomic E-state index is 12.2. The molecule has 0 aliphatic carbocycles. The summed E-state index contributed by atoms with van der Waals surface area (Å²) < 4.78 is 0. The van der Waals surface area contributed by atoms with Gasteiger partial charge < -0.3 is 9.68 Å². The van der Waals surface area contributed by atoms with Gasteiger partial charge in [-0.3, -0.25) is 5.32 Å². The summed E-state index contributed by atoms with van der Waals surface area (Å²) >= 11 is 0. The summed E-state index contributed by atoms with van der Waals surface area (Å²) in [6.07, 6.45) is 1.84. The first-order valence-electron chi connectivity index (χ1n) is 10.9. The lowest BCUT2D eigenvalue weighted by molar-refractivity contribution is -0.154. The minimum atomic E-state index is -0.469. The zero-order valence-electron chi connectivity index (χ0n) is 18.8. The third kappa shape index (κ3) is 5.07. The summed E-state index contributed by atoms with van der Waals surface area (Å²) in [6, 6.07) is 16.2. The van der Waals surface area contributed by atoms with Crippen LogP contribution in [0.3, 0.4) is 0 Å². The molecule has 1 fully saturated rings. The van der Waals surface area contributed by atoms with Gasteiger partial charge >= 0.3 is 6.09 Å². The number of nitrogens with zero attached hydrogens (tertiary/aromatic N) is 2. The number of aryl methyl sites for hydroxylation is 1. The van der Waals surface area contributed by atoms with Gasteiger partial charge in [0.05, 0.1) is 5.71 Å². The zero-order chi connectivity index (χ0) is 22.1. The van der Waals surface area contributed by atoms with Crippen molar-refractivity contribution in [2.24, 2.45) is 5.16 Å². The molecule has 0 atom stereocenters. The van der Waals surface area contributed by atoms with Crippen molar-refractivity contribution in [2.75, 3.05) is 18.4 Å². The summed E-state index contributed by atoms with van der Waals surface area (Å²) in [6.45, 7) is 9.88. The van der Waals surface area contributed by atoms with E-state index in [0.29, 0.717) is 13.1 Å². The van der Waals surface area contributed by atoms with Crippen molar-refractivity contribution in [3.63, 3.8) is 0 Å². The van der Waals surface area contributed by atoms with Gasteiger partial charge in [0, 0.05) is 38.0 Å². The van der Waals surface area contributed by atoms with E-state index in [1.165, 1.54) is 5.56 Å². The average molecular weight is 422 g/mol. The van der Waals surface area contributed by atoms with Crippen molar-refractivity contribution in [3.8, 4) is 0 Å². The van der Waals surface area contributed by atoms with Gasteiger partial charge in [-0.25, -0.2) is 4.79 Å². The number of oxime groups is 1. The molecule has 164 valence electrons. The highest BCUT2D eigenvalue weighted by atomic mass is 16.7. The number of carbonyl (C=O) groups is 1. The van der Waals surface area contributed by atoms with Crippen LogP contribution in [0.4, 0.5) is 10.5 Å². The monoisotopic (exact) mass is 421 g/mol. The van der Waals surface area contributed by atoms with Crippen molar-refractivity contribution in [2.45, 2.75) is 58.0 Å². The highest BCUT2D eigenvalue weighted by Gasteiger charge is 2.43. The van der Waals surface area contributed by atoms with Crippen LogP contribution in [0.2, 0.25) is 0 Å². The Hall–Kier alpha value is -2.86. The quantitative estimate of drug-likeness (QED) is 0.719. The first kappa shape index (κ1) is 21.4. The fraction of sp³-hybridized carbons (Fsp3) is 0.440. The van der Waals surface area contributed by atoms with Gasteiger partial charge in [-0.15, -0.1) is 5.06 Å². The summed E-state index contributed by atoms with van der Waals surface area (Å²) in [5, 5.41) is 8.87. The lowest BCUT2D eigenvalue weighted by Crippen LogP contribution is -2.45. The molecular weight excluding hydrogens is 390 g/mol. The maximum atomic E-state index is 12.2. The molecule has 1 spiro atoms. The Morgan fingerprint density at radius 1 is 1.06 bits per heavy atom. The van der Waals surface area contributed by atoms with Crippen LogP contribution in [0.5, 0.6) is 0 Å². The molecule has 1 amide bonds. The maximum Gasteiger partial charge on any atom is 0.430 e. The third-order valence-electron chi connectivity index (χ3n) is 6.07. The molecule has 0 aromatic heterocycles. The van der Waals surface area contributed by atoms with E-state index in [0.717, 1.165) is 41.8 Å². The normalized spacial score (nSPS) is 18.4. The van der Waals surface area contributed by atoms with Gasteiger partial charge in [0.15, 0.2) is 0 Å². The van der Waals surface area contributed by atoms with Gasteiger partial charge in [0.25, 0.3) is 0 Å². The minimum Gasteiger partial charge on any atom is -0.388 e. The van der Waals surface area contributed by atoms with E-state index < -0.39 is 6.09 Å². The van der Waals surface area contributed by atoms with E-state index in [1.807, 2.05) is 31.2 Å². The lowest BCUT2D eigenvalue weighted by atomic mass is 9.84. The molecule has 0 bridgehead atoms. The number of piperidine rings is 1. The topological polar surface area (TPSA) is 63.2 Å². The molecule has 2 aromatic rings. The van der Waals surface area contributed by atoms with Crippen molar-refractivity contribution in [1.29, 1.82) is 0 Å². The predicted octanol–water partition coefficient (Wildman–Crippen LogP) is 5.42. The number of anilines is 1. The molecule has 6 heteroatoms. The van der Waals surface area contributed by atoms with Crippen LogP contribution in [0, 0.1) is 6.92 Å². The number of benzene rings is 2. The number of rotatable bonds is 3. The smallest absolute Gasteiger partial charge is 0.388 e. The van der Waals surface area contributed by atoms with Crippen LogP contribution < -0.4 is 5.32 Å². The van der Waals surface area contributed by atoms with Gasteiger partial charge in [-0.2, -0.15) is 0 Å². The number of hydrogen-bond acceptors (Lipinski definition) is 5. The van der Waals surface area contributed by atoms with Gasteiger partial charge in [-0.1, -0.05) is 67.9 Å². The van der Waals surface area contributed by atoms with E-state index in [9.17, 15) is 4.79 Å². The number of carbonyl (C=O) groups excluding carboxylic acids is 1. The Bertz CT molecular complexity index is 951. The predicted molar refractivity (Wildman–Crippen MR) is 122 cm³/mol. The zero-order valence-corrected chi connectivity index (χ0v) is 18.8. The number of nitrogens with one attached hydrogen (secondary N) is 1. The van der Waals surface area contributed by atoms with Crippen molar-refractivity contribution in [3.05, 3.63) is 65.2 Å². The van der Waals surface area contributed by atoms with E-state index in [2.05, 4.69) is 55.5 Å². The van der Waals surface area contributed by atoms with E-state index >= 15 is 0 Å². The SMILES string of the molecule is Cc1ccc(NC(=O)ON2CCC3(CC2)CC(c2ccc(C(C)(C)C)cc2)=NO3)cc1. The average Bonchev–Trinajstić information content (AvgIpc) is 3.15. The summed E-state index contributed by atoms with van der Waals surface area (Å²) in [7, 11) is 0. The third-order valence-corrected chi connectivity index (χ3v) is 6.07. The molecule has 0 unspecified atom stereocenters. The second kappa shape index (κ2) is 8.35. The molecule has 2 aliphatic rings. The second-order valence-corrected chi connectivity index (χ2v) is 9.62. The van der Waals surface area contributed by atoms with Crippen LogP contribution in [0.25, 0.3) is 0 Å². The number of hydroxylamine groups is 2. The highest BCUT2D eigenvalue weighted by molar-refractivity contribution is 6.01. The van der Waals surface area contributed by atoms with Crippen molar-refractivity contribution >= 4 is 17.5 Å². The molecule has 2 aromatic carbocycles. The Kier molecular flexibility index (Phi) is 5.75. The molecule has 4 rings (SSSR count). The molecule has 2 heterocycles. The van der Waals surface area contributed by atoms with Crippen molar-refractivity contribution < 1.29 is 14.5 Å². The van der Waals surface area contributed by atoms with Gasteiger partial charge in [0.1, 0.15) is 5.60 Å². The van der Waals surface area contributed by atoms with Crippen LogP contribution in [-0.4, -0.2) is 35.6 Å². The largest absolute Gasteiger partial charge is 0.430 e. The van der Waals surface area contributed by atoms with Gasteiger partial charge in [-0.05, 0) is 35.6 Å². The second-order valence-electron chi connectivity index (χ2n) is 9.62. The van der Waals surface area contributed by atoms with Crippen LogP contribution >= 0.6 is 0 Å². The Morgan fingerprint density at radius 2 is 1.71 bits per heavy atom. The molecule has 31 heavy (non-hydrogen) atoms. The minimum absolute atomic E-state index is 0.131. The number of amides is 1. The summed E-state index contributed by atoms with van der Waals surface area (Å²) in [5.74, 6) is 0. The molecular formula is C25H31N3O3. The van der Waals surface area contributed by atoms with E-state index in [-0.39, 0.29) is 11.0 Å². The Balaban J connectivity index is 1.28. The van der Waals surface area contributed by atoms with E-state index in [4.69, 9.17) is 9.68 Å². The first-order chi connectivity index (χ1) is 14.7. The highest BCUT2D eigenvalue weighted by Crippen LogP contribution is 2.36. The standard InChI is InChI=1S/C25H31N3O3/c1-18-5-11-21(12-6-18)26-23(29)30-28-15-13-25(14-16-28)17-22(27-31-25)19-7-9-20(10-8-19)24(2,3)4/h5-12H,13-17H2,1-4H3,(H,26,29). The van der Waals surface area contributed by atoms with Crippen LogP contribution in [0.15, 0.2) is 53.7 Å². The van der Waals surface area contributed by atoms with Gasteiger partial charge in [0.2, 0.25) is 0 Å². The molecule has 2 aliphatic heterocycles.